The molecule has 1 amide bonds. The molecule has 0 spiro atoms. The molecule has 2 aromatic carbocycles. The summed E-state index contributed by atoms with van der Waals surface area (Å²) in [5, 5.41) is 14.4. The lowest BCUT2D eigenvalue weighted by atomic mass is 9.92. The van der Waals surface area contributed by atoms with E-state index in [-0.39, 0.29) is 30.3 Å². The normalized spacial score (nSPS) is 20.2. The number of piperazine rings is 1. The molecule has 5 rings (SSSR count). The molecule has 2 heterocycles. The Bertz CT molecular complexity index is 1490. The second-order valence-electron chi connectivity index (χ2n) is 11.0. The van der Waals surface area contributed by atoms with Crippen LogP contribution in [0.4, 0.5) is 37.7 Å². The van der Waals surface area contributed by atoms with Gasteiger partial charge in [-0.3, -0.25) is 19.8 Å². The fourth-order valence-corrected chi connectivity index (χ4v) is 5.63. The summed E-state index contributed by atoms with van der Waals surface area (Å²) in [6, 6.07) is 7.69. The molecule has 15 heteroatoms. The number of carbonyl (C=O) groups excluding carboxylic acids is 1. The number of nitrogens with zero attached hydrogens (tertiary/aromatic N) is 3. The molecule has 1 aliphatic carbocycles. The summed E-state index contributed by atoms with van der Waals surface area (Å²) in [6.45, 7) is 2.37. The van der Waals surface area contributed by atoms with E-state index in [1.54, 1.807) is 11.0 Å². The number of carbonyl (C=O) groups is 1. The van der Waals surface area contributed by atoms with E-state index < -0.39 is 34.1 Å². The number of hydrogen-bond donors (Lipinski definition) is 1. The average Bonchev–Trinajstić information content (AvgIpc) is 3.37. The Balaban J connectivity index is 1.03. The van der Waals surface area contributed by atoms with Crippen molar-refractivity contribution < 1.29 is 45.2 Å². The van der Waals surface area contributed by atoms with Crippen LogP contribution in [0.3, 0.4) is 0 Å². The van der Waals surface area contributed by atoms with Crippen LogP contribution in [0.5, 0.6) is 0 Å². The topological polar surface area (TPSA) is 101 Å². The van der Waals surface area contributed by atoms with Gasteiger partial charge in [0.25, 0.3) is 5.69 Å². The third-order valence-corrected chi connectivity index (χ3v) is 7.99. The van der Waals surface area contributed by atoms with Crippen LogP contribution in [-0.4, -0.2) is 65.6 Å². The van der Waals surface area contributed by atoms with Gasteiger partial charge in [-0.05, 0) is 62.1 Å². The Hall–Kier alpha value is -3.85. The van der Waals surface area contributed by atoms with E-state index in [4.69, 9.17) is 9.15 Å². The number of nitro groups is 1. The smallest absolute Gasteiger partial charge is 0.423 e. The van der Waals surface area contributed by atoms with Gasteiger partial charge in [0.15, 0.2) is 0 Å². The highest BCUT2D eigenvalue weighted by molar-refractivity contribution is 5.79. The van der Waals surface area contributed by atoms with E-state index in [2.05, 4.69) is 10.2 Å². The fraction of sp³-hybridized carbons (Fsp3) is 0.483. The minimum atomic E-state index is -4.85. The van der Waals surface area contributed by atoms with Crippen LogP contribution >= 0.6 is 0 Å². The minimum absolute atomic E-state index is 0.0921. The first-order valence-electron chi connectivity index (χ1n) is 14.1. The predicted octanol–water partition coefficient (Wildman–Crippen LogP) is 6.46. The summed E-state index contributed by atoms with van der Waals surface area (Å²) < 4.78 is 90.3. The minimum Gasteiger partial charge on any atom is -0.460 e. The molecule has 2 aliphatic rings. The number of nitrogens with one attached hydrogen (secondary N) is 1. The number of rotatable bonds is 8. The van der Waals surface area contributed by atoms with Gasteiger partial charge in [-0.25, -0.2) is 0 Å². The number of anilines is 1. The maximum atomic E-state index is 13.3. The van der Waals surface area contributed by atoms with Crippen molar-refractivity contribution in [2.45, 2.75) is 56.7 Å². The highest BCUT2D eigenvalue weighted by Crippen LogP contribution is 2.38. The van der Waals surface area contributed by atoms with Crippen molar-refractivity contribution in [1.29, 1.82) is 0 Å². The standard InChI is InChI=1S/C29H30F6N4O5/c30-28(31,32)19-1-8-26-18(13-19)14-23(44-26)16-37-9-11-38(12-10-37)27(40)17-43-22-5-2-20(3-6-22)36-21-4-7-25(39(41)42)24(15-21)29(33,34)35/h1,4,7-8,13-15,20,22,36H,2-3,5-6,9-12,16-17H2/t20-,22-. The summed E-state index contributed by atoms with van der Waals surface area (Å²) in [6.07, 6.45) is -7.08. The van der Waals surface area contributed by atoms with Gasteiger partial charge >= 0.3 is 12.4 Å². The van der Waals surface area contributed by atoms with Gasteiger partial charge in [0.1, 0.15) is 23.5 Å². The van der Waals surface area contributed by atoms with Crippen LogP contribution < -0.4 is 5.32 Å². The molecule has 1 aliphatic heterocycles. The van der Waals surface area contributed by atoms with Crippen molar-refractivity contribution in [2.75, 3.05) is 38.1 Å². The number of nitro benzene ring substituents is 1. The Morgan fingerprint density at radius 2 is 1.66 bits per heavy atom. The Morgan fingerprint density at radius 1 is 0.955 bits per heavy atom. The summed E-state index contributed by atoms with van der Waals surface area (Å²) in [7, 11) is 0. The van der Waals surface area contributed by atoms with Crippen molar-refractivity contribution >= 4 is 28.3 Å². The Labute approximate surface area is 247 Å². The zero-order valence-electron chi connectivity index (χ0n) is 23.4. The van der Waals surface area contributed by atoms with E-state index in [1.807, 2.05) is 0 Å². The molecular weight excluding hydrogens is 598 g/mol. The van der Waals surface area contributed by atoms with E-state index in [0.29, 0.717) is 75.1 Å². The predicted molar refractivity (Wildman–Crippen MR) is 147 cm³/mol. The lowest BCUT2D eigenvalue weighted by Gasteiger charge is -2.35. The van der Waals surface area contributed by atoms with Gasteiger partial charge in [-0.2, -0.15) is 26.3 Å². The van der Waals surface area contributed by atoms with Gasteiger partial charge in [0.05, 0.1) is 23.1 Å². The quantitative estimate of drug-likeness (QED) is 0.174. The number of benzene rings is 2. The highest BCUT2D eigenvalue weighted by Gasteiger charge is 2.38. The molecule has 0 bridgehead atoms. The number of alkyl halides is 6. The fourth-order valence-electron chi connectivity index (χ4n) is 5.63. The third-order valence-electron chi connectivity index (χ3n) is 7.99. The van der Waals surface area contributed by atoms with Gasteiger partial charge in [-0.1, -0.05) is 0 Å². The molecule has 44 heavy (non-hydrogen) atoms. The van der Waals surface area contributed by atoms with E-state index in [9.17, 15) is 41.3 Å². The number of furan rings is 1. The van der Waals surface area contributed by atoms with Crippen molar-refractivity contribution in [2.24, 2.45) is 0 Å². The second kappa shape index (κ2) is 12.6. The second-order valence-corrected chi connectivity index (χ2v) is 11.0. The highest BCUT2D eigenvalue weighted by atomic mass is 19.4. The molecule has 1 aromatic heterocycles. The molecule has 238 valence electrons. The largest absolute Gasteiger partial charge is 0.460 e. The first-order chi connectivity index (χ1) is 20.8. The Morgan fingerprint density at radius 3 is 2.30 bits per heavy atom. The molecule has 1 saturated heterocycles. The van der Waals surface area contributed by atoms with Gasteiger partial charge in [0, 0.05) is 49.4 Å². The monoisotopic (exact) mass is 628 g/mol. The zero-order chi connectivity index (χ0) is 31.6. The van der Waals surface area contributed by atoms with Gasteiger partial charge < -0.3 is 19.4 Å². The molecule has 3 aromatic rings. The van der Waals surface area contributed by atoms with Gasteiger partial charge in [-0.15, -0.1) is 0 Å². The van der Waals surface area contributed by atoms with Crippen LogP contribution in [0.1, 0.15) is 42.6 Å². The molecule has 0 atom stereocenters. The van der Waals surface area contributed by atoms with Crippen LogP contribution in [0, 0.1) is 10.1 Å². The average molecular weight is 629 g/mol. The summed E-state index contributed by atoms with van der Waals surface area (Å²) in [5.41, 5.74) is -2.50. The molecular formula is C29H30F6N4O5. The SMILES string of the molecule is O=C(CO[C@H]1CC[C@H](Nc2ccc([N+](=O)[O-])c(C(F)(F)F)c2)CC1)N1CCN(Cc2cc3cc(C(F)(F)F)ccc3o2)CC1. The number of halogens is 6. The number of ether oxygens (including phenoxy) is 1. The lowest BCUT2D eigenvalue weighted by Crippen LogP contribution is -2.49. The molecule has 2 fully saturated rings. The Kier molecular flexibility index (Phi) is 9.07. The molecule has 9 nitrogen and oxygen atoms in total. The van der Waals surface area contributed by atoms with Gasteiger partial charge in [0.2, 0.25) is 5.91 Å². The van der Waals surface area contributed by atoms with Crippen LogP contribution in [-0.2, 0) is 28.4 Å². The van der Waals surface area contributed by atoms with Crippen LogP contribution in [0.15, 0.2) is 46.9 Å². The number of hydrogen-bond acceptors (Lipinski definition) is 7. The number of amides is 1. The summed E-state index contributed by atoms with van der Waals surface area (Å²) in [4.78, 5) is 26.4. The van der Waals surface area contributed by atoms with Crippen molar-refractivity contribution in [3.8, 4) is 0 Å². The summed E-state index contributed by atoms with van der Waals surface area (Å²) >= 11 is 0. The van der Waals surface area contributed by atoms with Crippen molar-refractivity contribution in [3.05, 3.63) is 69.5 Å². The van der Waals surface area contributed by atoms with E-state index in [1.165, 1.54) is 12.1 Å². The first-order valence-corrected chi connectivity index (χ1v) is 14.1. The first kappa shape index (κ1) is 31.6. The van der Waals surface area contributed by atoms with E-state index in [0.717, 1.165) is 24.3 Å². The zero-order valence-corrected chi connectivity index (χ0v) is 23.4. The molecule has 0 radical (unpaired) electrons. The summed E-state index contributed by atoms with van der Waals surface area (Å²) in [5.74, 6) is 0.390. The van der Waals surface area contributed by atoms with Crippen LogP contribution in [0.2, 0.25) is 0 Å². The van der Waals surface area contributed by atoms with Crippen LogP contribution in [0.25, 0.3) is 11.0 Å². The molecule has 1 N–H and O–H groups in total. The lowest BCUT2D eigenvalue weighted by molar-refractivity contribution is -0.388. The maximum Gasteiger partial charge on any atom is 0.423 e. The van der Waals surface area contributed by atoms with E-state index >= 15 is 0 Å². The van der Waals surface area contributed by atoms with Crippen molar-refractivity contribution in [1.82, 2.24) is 9.80 Å². The third kappa shape index (κ3) is 7.62. The molecule has 0 unspecified atom stereocenters. The molecule has 1 saturated carbocycles. The number of fused-ring (bicyclic) bond motifs is 1. The van der Waals surface area contributed by atoms with Crippen molar-refractivity contribution in [3.63, 3.8) is 0 Å². The maximum absolute atomic E-state index is 13.3.